The molecule has 0 amide bonds. The maximum atomic E-state index is 2.48. The molecule has 0 saturated heterocycles. The van der Waals surface area contributed by atoms with Gasteiger partial charge in [-0.05, 0) is 36.0 Å². The molecule has 1 aliphatic carbocycles. The minimum Gasteiger partial charge on any atom is -0.0654 e. The van der Waals surface area contributed by atoms with Crippen molar-refractivity contribution in [1.82, 2.24) is 0 Å². The third-order valence-corrected chi connectivity index (χ3v) is 4.11. The molecule has 0 aromatic rings. The van der Waals surface area contributed by atoms with E-state index in [0.29, 0.717) is 0 Å². The van der Waals surface area contributed by atoms with Crippen molar-refractivity contribution in [3.05, 3.63) is 0 Å². The van der Waals surface area contributed by atoms with Gasteiger partial charge in [0.25, 0.3) is 0 Å². The molecule has 0 aromatic carbocycles. The van der Waals surface area contributed by atoms with E-state index < -0.39 is 0 Å². The Labute approximate surface area is 84.1 Å². The summed E-state index contributed by atoms with van der Waals surface area (Å²) in [5, 5.41) is 0. The van der Waals surface area contributed by atoms with E-state index in [1.807, 2.05) is 0 Å². The van der Waals surface area contributed by atoms with Crippen LogP contribution in [0.4, 0.5) is 0 Å². The minimum absolute atomic E-state index is 0.881. The molecule has 4 unspecified atom stereocenters. The van der Waals surface area contributed by atoms with E-state index in [9.17, 15) is 0 Å². The molecule has 0 radical (unpaired) electrons. The molecule has 0 N–H and O–H groups in total. The Morgan fingerprint density at radius 3 is 2.23 bits per heavy atom. The molecule has 0 aromatic heterocycles. The summed E-state index contributed by atoms with van der Waals surface area (Å²) in [6, 6.07) is 0. The lowest BCUT2D eigenvalue weighted by molar-refractivity contribution is 0.233. The average Bonchev–Trinajstić information content (AvgIpc) is 2.28. The van der Waals surface area contributed by atoms with E-state index in [2.05, 4.69) is 34.6 Å². The molecule has 0 heteroatoms. The summed E-state index contributed by atoms with van der Waals surface area (Å²) >= 11 is 0. The summed E-state index contributed by atoms with van der Waals surface area (Å²) in [5.41, 5.74) is 0. The molecule has 1 saturated carbocycles. The summed E-state index contributed by atoms with van der Waals surface area (Å²) in [7, 11) is 0. The first-order valence-corrected chi connectivity index (χ1v) is 6.07. The van der Waals surface area contributed by atoms with Crippen molar-refractivity contribution in [3.8, 4) is 0 Å². The fraction of sp³-hybridized carbons (Fsp3) is 1.00. The zero-order chi connectivity index (χ0) is 10.0. The van der Waals surface area contributed by atoms with E-state index in [4.69, 9.17) is 0 Å². The predicted octanol–water partition coefficient (Wildman–Crippen LogP) is 4.35. The van der Waals surface area contributed by atoms with Crippen LogP contribution in [0.2, 0.25) is 0 Å². The highest BCUT2D eigenvalue weighted by Crippen LogP contribution is 2.46. The molecule has 0 aliphatic heterocycles. The summed E-state index contributed by atoms with van der Waals surface area (Å²) in [5.74, 6) is 4.82. The van der Waals surface area contributed by atoms with Crippen molar-refractivity contribution in [2.75, 3.05) is 0 Å². The highest BCUT2D eigenvalue weighted by atomic mass is 14.4. The smallest absolute Gasteiger partial charge is 0.0337 e. The molecule has 0 bridgehead atoms. The second kappa shape index (κ2) is 4.48. The molecule has 1 aliphatic rings. The lowest BCUT2D eigenvalue weighted by atomic mass is 9.80. The van der Waals surface area contributed by atoms with Gasteiger partial charge in [-0.25, -0.2) is 0 Å². The van der Waals surface area contributed by atoms with Gasteiger partial charge in [0.05, 0.1) is 0 Å². The van der Waals surface area contributed by atoms with Gasteiger partial charge < -0.3 is 0 Å². The fourth-order valence-electron chi connectivity index (χ4n) is 3.70. The van der Waals surface area contributed by atoms with Crippen LogP contribution in [0.5, 0.6) is 0 Å². The van der Waals surface area contributed by atoms with Crippen LogP contribution in [0.15, 0.2) is 0 Å². The Bertz CT molecular complexity index is 148. The van der Waals surface area contributed by atoms with Crippen molar-refractivity contribution in [3.63, 3.8) is 0 Å². The van der Waals surface area contributed by atoms with Crippen LogP contribution >= 0.6 is 0 Å². The Kier molecular flexibility index (Phi) is 3.82. The lowest BCUT2D eigenvalue weighted by Crippen LogP contribution is -2.19. The van der Waals surface area contributed by atoms with Gasteiger partial charge in [-0.1, -0.05) is 47.5 Å². The standard InChI is InChI=1S/C13H26/c1-6-7-12-8-10(4)13(9(2)3)11(12)5/h9-13H,6-8H2,1-5H3. The third kappa shape index (κ3) is 2.27. The molecule has 1 rings (SSSR count). The largest absolute Gasteiger partial charge is 0.0654 e. The Balaban J connectivity index is 2.58. The van der Waals surface area contributed by atoms with Crippen LogP contribution in [0.25, 0.3) is 0 Å². The van der Waals surface area contributed by atoms with Gasteiger partial charge in [-0.2, -0.15) is 0 Å². The highest BCUT2D eigenvalue weighted by Gasteiger charge is 2.38. The molecule has 4 atom stereocenters. The molecule has 1 fully saturated rings. The molecule has 13 heavy (non-hydrogen) atoms. The first-order valence-electron chi connectivity index (χ1n) is 6.07. The van der Waals surface area contributed by atoms with Gasteiger partial charge >= 0.3 is 0 Å². The maximum Gasteiger partial charge on any atom is -0.0337 e. The Hall–Kier alpha value is 0. The van der Waals surface area contributed by atoms with E-state index in [-0.39, 0.29) is 0 Å². The van der Waals surface area contributed by atoms with Crippen molar-refractivity contribution < 1.29 is 0 Å². The second-order valence-corrected chi connectivity index (χ2v) is 5.44. The van der Waals surface area contributed by atoms with Crippen LogP contribution in [0, 0.1) is 29.6 Å². The number of hydrogen-bond donors (Lipinski definition) is 0. The lowest BCUT2D eigenvalue weighted by Gasteiger charge is -2.25. The van der Waals surface area contributed by atoms with E-state index in [1.54, 1.807) is 0 Å². The van der Waals surface area contributed by atoms with Gasteiger partial charge in [0.2, 0.25) is 0 Å². The summed E-state index contributed by atoms with van der Waals surface area (Å²) in [4.78, 5) is 0. The zero-order valence-electron chi connectivity index (χ0n) is 10.0. The zero-order valence-corrected chi connectivity index (χ0v) is 10.0. The second-order valence-electron chi connectivity index (χ2n) is 5.44. The molecule has 78 valence electrons. The van der Waals surface area contributed by atoms with E-state index in [1.165, 1.54) is 19.3 Å². The summed E-state index contributed by atoms with van der Waals surface area (Å²) < 4.78 is 0. The van der Waals surface area contributed by atoms with Crippen LogP contribution in [0.1, 0.15) is 53.9 Å². The molecular formula is C13H26. The fourth-order valence-corrected chi connectivity index (χ4v) is 3.70. The van der Waals surface area contributed by atoms with Gasteiger partial charge in [0.1, 0.15) is 0 Å². The van der Waals surface area contributed by atoms with Crippen LogP contribution < -0.4 is 0 Å². The molecule has 0 spiro atoms. The average molecular weight is 182 g/mol. The van der Waals surface area contributed by atoms with Crippen molar-refractivity contribution in [2.45, 2.75) is 53.9 Å². The summed E-state index contributed by atoms with van der Waals surface area (Å²) in [6.45, 7) is 12.0. The van der Waals surface area contributed by atoms with E-state index >= 15 is 0 Å². The number of hydrogen-bond acceptors (Lipinski definition) is 0. The molecular weight excluding hydrogens is 156 g/mol. The van der Waals surface area contributed by atoms with Gasteiger partial charge in [0.15, 0.2) is 0 Å². The molecule has 0 heterocycles. The van der Waals surface area contributed by atoms with Crippen molar-refractivity contribution >= 4 is 0 Å². The van der Waals surface area contributed by atoms with E-state index in [0.717, 1.165) is 29.6 Å². The minimum atomic E-state index is 0.881. The van der Waals surface area contributed by atoms with Gasteiger partial charge in [0, 0.05) is 0 Å². The van der Waals surface area contributed by atoms with Crippen molar-refractivity contribution in [2.24, 2.45) is 29.6 Å². The first kappa shape index (κ1) is 11.1. The monoisotopic (exact) mass is 182 g/mol. The van der Waals surface area contributed by atoms with Crippen LogP contribution in [0.3, 0.4) is 0 Å². The van der Waals surface area contributed by atoms with Gasteiger partial charge in [-0.3, -0.25) is 0 Å². The Morgan fingerprint density at radius 1 is 1.23 bits per heavy atom. The topological polar surface area (TPSA) is 0 Å². The summed E-state index contributed by atoms with van der Waals surface area (Å²) in [6.07, 6.45) is 4.30. The van der Waals surface area contributed by atoms with Gasteiger partial charge in [-0.15, -0.1) is 0 Å². The normalized spacial score (nSPS) is 40.2. The maximum absolute atomic E-state index is 2.48. The first-order chi connectivity index (χ1) is 6.07. The SMILES string of the molecule is CCCC1CC(C)C(C(C)C)C1C. The van der Waals surface area contributed by atoms with Crippen molar-refractivity contribution in [1.29, 1.82) is 0 Å². The third-order valence-electron chi connectivity index (χ3n) is 4.11. The molecule has 0 nitrogen and oxygen atoms in total. The highest BCUT2D eigenvalue weighted by molar-refractivity contribution is 4.87. The number of rotatable bonds is 3. The van der Waals surface area contributed by atoms with Crippen LogP contribution in [-0.2, 0) is 0 Å². The van der Waals surface area contributed by atoms with Crippen LogP contribution in [-0.4, -0.2) is 0 Å². The quantitative estimate of drug-likeness (QED) is 0.608. The predicted molar refractivity (Wildman–Crippen MR) is 59.7 cm³/mol. The Morgan fingerprint density at radius 2 is 1.85 bits per heavy atom.